The van der Waals surface area contributed by atoms with Gasteiger partial charge in [-0.05, 0) is 5.56 Å². The van der Waals surface area contributed by atoms with Crippen LogP contribution < -0.4 is 5.11 Å². The molecular weight excluding hydrogens is 342 g/mol. The number of piperazine rings is 1. The van der Waals surface area contributed by atoms with Crippen LogP contribution in [0, 0.1) is 0 Å². The molecule has 0 spiro atoms. The Morgan fingerprint density at radius 3 is 2.54 bits per heavy atom. The summed E-state index contributed by atoms with van der Waals surface area (Å²) in [6.07, 6.45) is 0. The summed E-state index contributed by atoms with van der Waals surface area (Å²) in [5.41, 5.74) is 0.845. The van der Waals surface area contributed by atoms with Crippen LogP contribution in [0.2, 0.25) is 0 Å². The maximum atomic E-state index is 12.6. The highest BCUT2D eigenvalue weighted by Crippen LogP contribution is 2.24. The summed E-state index contributed by atoms with van der Waals surface area (Å²) < 4.78 is 4.74. The lowest BCUT2D eigenvalue weighted by Crippen LogP contribution is -2.55. The minimum atomic E-state index is -1.41. The van der Waals surface area contributed by atoms with Gasteiger partial charge in [-0.1, -0.05) is 30.3 Å². The molecule has 4 amide bonds. The van der Waals surface area contributed by atoms with Crippen LogP contribution in [0.25, 0.3) is 0 Å². The van der Waals surface area contributed by atoms with Crippen molar-refractivity contribution in [3.05, 3.63) is 35.9 Å². The molecule has 26 heavy (non-hydrogen) atoms. The van der Waals surface area contributed by atoms with Crippen LogP contribution in [0.15, 0.2) is 30.3 Å². The van der Waals surface area contributed by atoms with E-state index in [1.165, 1.54) is 14.7 Å². The first-order chi connectivity index (χ1) is 12.5. The lowest BCUT2D eigenvalue weighted by Gasteiger charge is -2.35. The van der Waals surface area contributed by atoms with Crippen molar-refractivity contribution in [3.8, 4) is 0 Å². The van der Waals surface area contributed by atoms with Gasteiger partial charge in [-0.3, -0.25) is 14.5 Å². The van der Waals surface area contributed by atoms with Gasteiger partial charge in [0.25, 0.3) is 5.91 Å². The van der Waals surface area contributed by atoms with Gasteiger partial charge in [-0.2, -0.15) is 0 Å². The molecule has 0 N–H and O–H groups in total. The summed E-state index contributed by atoms with van der Waals surface area (Å²) in [4.78, 5) is 51.6. The molecule has 0 unspecified atom stereocenters. The van der Waals surface area contributed by atoms with E-state index in [2.05, 4.69) is 0 Å². The number of fused-ring (bicyclic) bond motifs is 1. The first-order valence-electron chi connectivity index (χ1n) is 8.18. The molecule has 3 rings (SSSR count). The molecule has 2 fully saturated rings. The van der Waals surface area contributed by atoms with Gasteiger partial charge >= 0.3 is 6.03 Å². The van der Waals surface area contributed by atoms with Gasteiger partial charge in [-0.15, -0.1) is 0 Å². The number of carbonyl (C=O) groups is 4. The van der Waals surface area contributed by atoms with Crippen molar-refractivity contribution in [3.63, 3.8) is 0 Å². The number of aliphatic carboxylic acids is 1. The first-order valence-corrected chi connectivity index (χ1v) is 8.18. The third-order valence-electron chi connectivity index (χ3n) is 4.39. The molecule has 0 aliphatic carbocycles. The number of nitrogens with zero attached hydrogens (tertiary/aromatic N) is 3. The minimum Gasteiger partial charge on any atom is -0.548 e. The van der Waals surface area contributed by atoms with Gasteiger partial charge < -0.3 is 24.4 Å². The van der Waals surface area contributed by atoms with Crippen molar-refractivity contribution in [2.75, 3.05) is 32.8 Å². The maximum Gasteiger partial charge on any atom is 0.327 e. The second-order valence-electron chi connectivity index (χ2n) is 6.11. The number of ether oxygens (including phenoxy) is 1. The molecule has 0 saturated carbocycles. The van der Waals surface area contributed by atoms with Gasteiger partial charge in [0.2, 0.25) is 5.91 Å². The molecule has 1 aromatic rings. The maximum absolute atomic E-state index is 12.6. The van der Waals surface area contributed by atoms with E-state index in [1.54, 1.807) is 0 Å². The number of rotatable bonds is 6. The number of carbonyl (C=O) groups excluding carboxylic acids is 4. The number of hydrogen-bond acceptors (Lipinski definition) is 6. The standard InChI is InChI=1S/C17H19N3O6/c21-14(10-26-11-15(22)23)18-6-7-19-13(9-18)16(24)20(17(19)25)8-12-4-2-1-3-5-12/h1-5,13H,6-11H2,(H,22,23)/p-1/t13-/m1/s1. The molecule has 9 nitrogen and oxygen atoms in total. The highest BCUT2D eigenvalue weighted by atomic mass is 16.5. The van der Waals surface area contributed by atoms with Crippen LogP contribution in [-0.2, 0) is 25.7 Å². The van der Waals surface area contributed by atoms with E-state index in [0.29, 0.717) is 0 Å². The number of hydrogen-bond donors (Lipinski definition) is 0. The number of urea groups is 1. The Labute approximate surface area is 149 Å². The molecule has 1 atom stereocenters. The fraction of sp³-hybridized carbons (Fsp3) is 0.412. The molecular formula is C17H18N3O6-. The van der Waals surface area contributed by atoms with Gasteiger partial charge in [0.1, 0.15) is 12.6 Å². The van der Waals surface area contributed by atoms with E-state index < -0.39 is 31.1 Å². The van der Waals surface area contributed by atoms with Crippen LogP contribution in [0.5, 0.6) is 0 Å². The smallest absolute Gasteiger partial charge is 0.327 e. The Morgan fingerprint density at radius 1 is 1.12 bits per heavy atom. The summed E-state index contributed by atoms with van der Waals surface area (Å²) in [6, 6.07) is 8.12. The Balaban J connectivity index is 1.62. The van der Waals surface area contributed by atoms with E-state index >= 15 is 0 Å². The van der Waals surface area contributed by atoms with Gasteiger partial charge in [-0.25, -0.2) is 4.79 Å². The van der Waals surface area contributed by atoms with Crippen LogP contribution in [0.4, 0.5) is 4.79 Å². The second kappa shape index (κ2) is 7.52. The van der Waals surface area contributed by atoms with Gasteiger partial charge in [0.05, 0.1) is 25.7 Å². The number of carboxylic acids is 1. The SMILES string of the molecule is O=C([O-])COCC(=O)N1CCN2C(=O)N(Cc3ccccc3)C(=O)[C@H]2C1. The van der Waals surface area contributed by atoms with Crippen molar-refractivity contribution in [1.82, 2.24) is 14.7 Å². The van der Waals surface area contributed by atoms with E-state index in [-0.39, 0.29) is 38.1 Å². The zero-order chi connectivity index (χ0) is 18.7. The van der Waals surface area contributed by atoms with Crippen molar-refractivity contribution in [1.29, 1.82) is 0 Å². The number of amides is 4. The first kappa shape index (κ1) is 17.9. The average molecular weight is 360 g/mol. The predicted octanol–water partition coefficient (Wildman–Crippen LogP) is -1.57. The molecule has 0 bridgehead atoms. The molecule has 9 heteroatoms. The van der Waals surface area contributed by atoms with Crippen molar-refractivity contribution < 1.29 is 29.0 Å². The van der Waals surface area contributed by atoms with Crippen molar-refractivity contribution >= 4 is 23.8 Å². The monoisotopic (exact) mass is 360 g/mol. The summed E-state index contributed by atoms with van der Waals surface area (Å²) in [7, 11) is 0. The van der Waals surface area contributed by atoms with Gasteiger partial charge in [0, 0.05) is 13.1 Å². The molecule has 0 radical (unpaired) electrons. The lowest BCUT2D eigenvalue weighted by atomic mass is 10.1. The fourth-order valence-electron chi connectivity index (χ4n) is 3.10. The Hall–Kier alpha value is -2.94. The summed E-state index contributed by atoms with van der Waals surface area (Å²) in [6.45, 7) is -0.305. The molecule has 2 aliphatic rings. The largest absolute Gasteiger partial charge is 0.548 e. The van der Waals surface area contributed by atoms with E-state index in [4.69, 9.17) is 4.74 Å². The van der Waals surface area contributed by atoms with E-state index in [1.807, 2.05) is 30.3 Å². The molecule has 1 aromatic carbocycles. The molecule has 2 saturated heterocycles. The summed E-state index contributed by atoms with van der Waals surface area (Å²) in [5.74, 6) is -2.17. The van der Waals surface area contributed by atoms with E-state index in [0.717, 1.165) is 5.56 Å². The molecule has 2 aliphatic heterocycles. The highest BCUT2D eigenvalue weighted by molar-refractivity contribution is 6.04. The second-order valence-corrected chi connectivity index (χ2v) is 6.11. The molecule has 2 heterocycles. The fourth-order valence-corrected chi connectivity index (χ4v) is 3.10. The van der Waals surface area contributed by atoms with Crippen LogP contribution in [0.3, 0.4) is 0 Å². The number of carboxylic acid groups (broad SMARTS) is 1. The zero-order valence-corrected chi connectivity index (χ0v) is 14.0. The third kappa shape index (κ3) is 3.67. The van der Waals surface area contributed by atoms with Crippen LogP contribution in [0.1, 0.15) is 5.56 Å². The molecule has 138 valence electrons. The molecule has 0 aromatic heterocycles. The lowest BCUT2D eigenvalue weighted by molar-refractivity contribution is -0.309. The Morgan fingerprint density at radius 2 is 1.85 bits per heavy atom. The highest BCUT2D eigenvalue weighted by Gasteiger charge is 2.48. The summed E-state index contributed by atoms with van der Waals surface area (Å²) >= 11 is 0. The van der Waals surface area contributed by atoms with Crippen LogP contribution in [-0.4, -0.2) is 77.4 Å². The topological polar surface area (TPSA) is 110 Å². The predicted molar refractivity (Wildman–Crippen MR) is 85.3 cm³/mol. The number of benzene rings is 1. The quantitative estimate of drug-likeness (QED) is 0.567. The van der Waals surface area contributed by atoms with Gasteiger partial charge in [0.15, 0.2) is 0 Å². The average Bonchev–Trinajstić information content (AvgIpc) is 2.87. The van der Waals surface area contributed by atoms with E-state index in [9.17, 15) is 24.3 Å². The summed E-state index contributed by atoms with van der Waals surface area (Å²) in [5, 5.41) is 10.3. The minimum absolute atomic E-state index is 0.0728. The van der Waals surface area contributed by atoms with Crippen molar-refractivity contribution in [2.24, 2.45) is 0 Å². The third-order valence-corrected chi connectivity index (χ3v) is 4.39. The Bertz CT molecular complexity index is 722. The van der Waals surface area contributed by atoms with Crippen molar-refractivity contribution in [2.45, 2.75) is 12.6 Å². The number of imide groups is 1. The Kier molecular flexibility index (Phi) is 5.17. The zero-order valence-electron chi connectivity index (χ0n) is 14.0. The van der Waals surface area contributed by atoms with Crippen LogP contribution >= 0.6 is 0 Å². The normalized spacial score (nSPS) is 19.7.